The smallest absolute Gasteiger partial charge is 0.252 e. The Balaban J connectivity index is 2.10. The van der Waals surface area contributed by atoms with E-state index in [0.717, 1.165) is 11.1 Å². The highest BCUT2D eigenvalue weighted by molar-refractivity contribution is 5.98. The molecule has 0 bridgehead atoms. The summed E-state index contributed by atoms with van der Waals surface area (Å²) in [5.41, 5.74) is 2.20. The van der Waals surface area contributed by atoms with Gasteiger partial charge in [0.05, 0.1) is 6.04 Å². The third-order valence-corrected chi connectivity index (χ3v) is 5.05. The number of nitrogens with zero attached hydrogens (tertiary/aromatic N) is 1. The summed E-state index contributed by atoms with van der Waals surface area (Å²) in [5, 5.41) is 5.82. The van der Waals surface area contributed by atoms with Crippen molar-refractivity contribution in [3.8, 4) is 0 Å². The van der Waals surface area contributed by atoms with E-state index in [9.17, 15) is 14.0 Å². The molecule has 2 unspecified atom stereocenters. The predicted molar refractivity (Wildman–Crippen MR) is 118 cm³/mol. The van der Waals surface area contributed by atoms with Crippen molar-refractivity contribution in [2.45, 2.75) is 39.3 Å². The lowest BCUT2D eigenvalue weighted by Crippen LogP contribution is -2.49. The summed E-state index contributed by atoms with van der Waals surface area (Å²) >= 11 is 0. The van der Waals surface area contributed by atoms with Crippen LogP contribution in [0.4, 0.5) is 4.39 Å². The number of hydrogen-bond donors (Lipinski definition) is 2. The lowest BCUT2D eigenvalue weighted by atomic mass is 10.0. The summed E-state index contributed by atoms with van der Waals surface area (Å²) in [6.45, 7) is 6.20. The van der Waals surface area contributed by atoms with Crippen molar-refractivity contribution >= 4 is 11.8 Å². The number of nitrogens with one attached hydrogen (secondary N) is 2. The Labute approximate surface area is 178 Å². The second kappa shape index (κ2) is 10.9. The average molecular weight is 414 g/mol. The Morgan fingerprint density at radius 1 is 1.07 bits per heavy atom. The summed E-state index contributed by atoms with van der Waals surface area (Å²) < 4.78 is 13.6. The van der Waals surface area contributed by atoms with Crippen LogP contribution in [0, 0.1) is 18.7 Å². The van der Waals surface area contributed by atoms with Crippen LogP contribution in [0.2, 0.25) is 0 Å². The van der Waals surface area contributed by atoms with Gasteiger partial charge in [-0.2, -0.15) is 0 Å². The number of rotatable bonds is 9. The fourth-order valence-electron chi connectivity index (χ4n) is 3.40. The Morgan fingerprint density at radius 2 is 1.77 bits per heavy atom. The summed E-state index contributed by atoms with van der Waals surface area (Å²) in [5.74, 6) is -0.586. The number of likely N-dealkylation sites (N-methyl/N-ethyl adjacent to an activating group) is 1. The van der Waals surface area contributed by atoms with E-state index in [2.05, 4.69) is 10.6 Å². The van der Waals surface area contributed by atoms with Crippen LogP contribution in [0.5, 0.6) is 0 Å². The van der Waals surface area contributed by atoms with Crippen LogP contribution in [-0.4, -0.2) is 43.4 Å². The summed E-state index contributed by atoms with van der Waals surface area (Å²) in [7, 11) is 3.76. The minimum absolute atomic E-state index is 0.184. The van der Waals surface area contributed by atoms with Gasteiger partial charge in [-0.15, -0.1) is 0 Å². The highest BCUT2D eigenvalue weighted by Crippen LogP contribution is 2.18. The van der Waals surface area contributed by atoms with E-state index in [1.54, 1.807) is 18.2 Å². The van der Waals surface area contributed by atoms with Crippen molar-refractivity contribution in [2.24, 2.45) is 5.92 Å². The minimum atomic E-state index is -0.646. The minimum Gasteiger partial charge on any atom is -0.352 e. The van der Waals surface area contributed by atoms with Gasteiger partial charge in [-0.1, -0.05) is 44.2 Å². The number of hydrogen-bond acceptors (Lipinski definition) is 3. The molecule has 0 fully saturated rings. The molecule has 0 aliphatic heterocycles. The van der Waals surface area contributed by atoms with Crippen molar-refractivity contribution in [1.29, 1.82) is 0 Å². The first-order chi connectivity index (χ1) is 14.2. The average Bonchev–Trinajstić information content (AvgIpc) is 2.67. The third kappa shape index (κ3) is 6.66. The van der Waals surface area contributed by atoms with Gasteiger partial charge in [0.2, 0.25) is 5.91 Å². The standard InChI is InChI=1S/C24H32FN3O2/c1-16(2)13-21(27-23(29)20-12-7-6-9-17(20)3)24(30)26-15-22(28(4)5)18-10-8-11-19(25)14-18/h6-12,14,16,21-22H,13,15H2,1-5H3,(H,26,30)(H,27,29). The van der Waals surface area contributed by atoms with Crippen LogP contribution in [0.1, 0.15) is 47.8 Å². The van der Waals surface area contributed by atoms with Crippen LogP contribution in [0.25, 0.3) is 0 Å². The molecule has 2 aromatic rings. The molecule has 2 atom stereocenters. The monoisotopic (exact) mass is 413 g/mol. The highest BCUT2D eigenvalue weighted by Gasteiger charge is 2.24. The molecule has 2 aromatic carbocycles. The third-order valence-electron chi connectivity index (χ3n) is 5.05. The fourth-order valence-corrected chi connectivity index (χ4v) is 3.40. The van der Waals surface area contributed by atoms with E-state index in [-0.39, 0.29) is 29.6 Å². The molecule has 0 saturated heterocycles. The van der Waals surface area contributed by atoms with Crippen molar-refractivity contribution in [3.05, 3.63) is 71.0 Å². The molecule has 0 heterocycles. The molecule has 0 radical (unpaired) electrons. The molecule has 2 amide bonds. The van der Waals surface area contributed by atoms with Gasteiger partial charge >= 0.3 is 0 Å². The Bertz CT molecular complexity index is 867. The van der Waals surface area contributed by atoms with Crippen LogP contribution < -0.4 is 10.6 Å². The molecule has 5 nitrogen and oxygen atoms in total. The Morgan fingerprint density at radius 3 is 2.37 bits per heavy atom. The number of amides is 2. The van der Waals surface area contributed by atoms with Crippen molar-refractivity contribution in [1.82, 2.24) is 15.5 Å². The molecule has 2 rings (SSSR count). The summed E-state index contributed by atoms with van der Waals surface area (Å²) in [6, 6.07) is 12.8. The lowest BCUT2D eigenvalue weighted by Gasteiger charge is -2.27. The zero-order valence-corrected chi connectivity index (χ0v) is 18.4. The first kappa shape index (κ1) is 23.5. The fraction of sp³-hybridized carbons (Fsp3) is 0.417. The summed E-state index contributed by atoms with van der Waals surface area (Å²) in [4.78, 5) is 27.6. The largest absolute Gasteiger partial charge is 0.352 e. The number of halogens is 1. The molecule has 0 saturated carbocycles. The predicted octanol–water partition coefficient (Wildman–Crippen LogP) is 3.70. The van der Waals surface area contributed by atoms with Gasteiger partial charge < -0.3 is 15.5 Å². The quantitative estimate of drug-likeness (QED) is 0.659. The molecule has 0 spiro atoms. The molecule has 2 N–H and O–H groups in total. The molecular formula is C24H32FN3O2. The maximum atomic E-state index is 13.6. The normalized spacial score (nSPS) is 13.2. The van der Waals surface area contributed by atoms with Crippen molar-refractivity contribution < 1.29 is 14.0 Å². The van der Waals surface area contributed by atoms with E-state index < -0.39 is 6.04 Å². The van der Waals surface area contributed by atoms with Crippen LogP contribution in [0.3, 0.4) is 0 Å². The molecular weight excluding hydrogens is 381 g/mol. The van der Waals surface area contributed by atoms with E-state index in [4.69, 9.17) is 0 Å². The number of carbonyl (C=O) groups excluding carboxylic acids is 2. The molecule has 30 heavy (non-hydrogen) atoms. The number of aryl methyl sites for hydroxylation is 1. The SMILES string of the molecule is Cc1ccccc1C(=O)NC(CC(C)C)C(=O)NCC(c1cccc(F)c1)N(C)C. The highest BCUT2D eigenvalue weighted by atomic mass is 19.1. The van der Waals surface area contributed by atoms with E-state index in [0.29, 0.717) is 18.5 Å². The first-order valence-electron chi connectivity index (χ1n) is 10.2. The topological polar surface area (TPSA) is 61.4 Å². The van der Waals surface area contributed by atoms with Gasteiger partial charge in [-0.05, 0) is 62.7 Å². The van der Waals surface area contributed by atoms with E-state index >= 15 is 0 Å². The number of benzene rings is 2. The van der Waals surface area contributed by atoms with Gasteiger partial charge in [0.25, 0.3) is 5.91 Å². The Kier molecular flexibility index (Phi) is 8.54. The zero-order chi connectivity index (χ0) is 22.3. The van der Waals surface area contributed by atoms with E-state index in [1.165, 1.54) is 12.1 Å². The zero-order valence-electron chi connectivity index (χ0n) is 18.4. The maximum Gasteiger partial charge on any atom is 0.252 e. The number of carbonyl (C=O) groups is 2. The summed E-state index contributed by atoms with van der Waals surface area (Å²) in [6.07, 6.45) is 0.524. The maximum absolute atomic E-state index is 13.6. The second-order valence-electron chi connectivity index (χ2n) is 8.25. The molecule has 6 heteroatoms. The van der Waals surface area contributed by atoms with E-state index in [1.807, 2.05) is 58.0 Å². The van der Waals surface area contributed by atoms with Gasteiger partial charge in [0.1, 0.15) is 11.9 Å². The lowest BCUT2D eigenvalue weighted by molar-refractivity contribution is -0.123. The van der Waals surface area contributed by atoms with Crippen molar-refractivity contribution in [2.75, 3.05) is 20.6 Å². The second-order valence-corrected chi connectivity index (χ2v) is 8.25. The molecule has 0 aromatic heterocycles. The van der Waals surface area contributed by atoms with Gasteiger partial charge in [-0.25, -0.2) is 4.39 Å². The van der Waals surface area contributed by atoms with Crippen LogP contribution in [0.15, 0.2) is 48.5 Å². The molecule has 162 valence electrons. The van der Waals surface area contributed by atoms with Crippen molar-refractivity contribution in [3.63, 3.8) is 0 Å². The first-order valence-corrected chi connectivity index (χ1v) is 10.2. The van der Waals surface area contributed by atoms with Crippen LogP contribution in [-0.2, 0) is 4.79 Å². The van der Waals surface area contributed by atoms with Crippen LogP contribution >= 0.6 is 0 Å². The van der Waals surface area contributed by atoms with Gasteiger partial charge in [-0.3, -0.25) is 9.59 Å². The Hall–Kier alpha value is -2.73. The van der Waals surface area contributed by atoms with Gasteiger partial charge in [0, 0.05) is 12.1 Å². The molecule has 0 aliphatic carbocycles. The van der Waals surface area contributed by atoms with Gasteiger partial charge in [0.15, 0.2) is 0 Å². The molecule has 0 aliphatic rings.